The summed E-state index contributed by atoms with van der Waals surface area (Å²) >= 11 is 1.13. The number of nitrogens with zero attached hydrogens (tertiary/aromatic N) is 3. The Bertz CT molecular complexity index is 477. The molecule has 2 rings (SSSR count). The zero-order valence-electron chi connectivity index (χ0n) is 9.78. The summed E-state index contributed by atoms with van der Waals surface area (Å²) in [7, 11) is 0. The van der Waals surface area contributed by atoms with Gasteiger partial charge in [-0.1, -0.05) is 5.21 Å². The van der Waals surface area contributed by atoms with E-state index in [1.165, 1.54) is 16.5 Å². The van der Waals surface area contributed by atoms with Crippen LogP contribution < -0.4 is 10.6 Å². The Labute approximate surface area is 112 Å². The number of imide groups is 1. The summed E-state index contributed by atoms with van der Waals surface area (Å²) in [5.74, 6) is 0.259. The molecule has 0 aromatic carbocycles. The van der Waals surface area contributed by atoms with Crippen LogP contribution in [0, 0.1) is 0 Å². The summed E-state index contributed by atoms with van der Waals surface area (Å²) in [6, 6.07) is 2.87. The minimum absolute atomic E-state index is 0.0670. The first kappa shape index (κ1) is 13.1. The van der Waals surface area contributed by atoms with E-state index in [4.69, 9.17) is 4.42 Å². The van der Waals surface area contributed by atoms with Gasteiger partial charge < -0.3 is 9.73 Å². The van der Waals surface area contributed by atoms with Crippen molar-refractivity contribution in [3.63, 3.8) is 0 Å². The summed E-state index contributed by atoms with van der Waals surface area (Å²) in [4.78, 5) is 22.8. The largest absolute Gasteiger partial charge is 0.467 e. The minimum Gasteiger partial charge on any atom is -0.467 e. The van der Waals surface area contributed by atoms with E-state index in [-0.39, 0.29) is 12.3 Å². The van der Waals surface area contributed by atoms with E-state index in [2.05, 4.69) is 20.9 Å². The molecule has 0 fully saturated rings. The highest BCUT2D eigenvalue weighted by atomic mass is 32.2. The first-order valence-electron chi connectivity index (χ1n) is 5.34. The molecule has 0 spiro atoms. The van der Waals surface area contributed by atoms with Crippen molar-refractivity contribution >= 4 is 23.9 Å². The molecule has 0 saturated carbocycles. The lowest BCUT2D eigenvalue weighted by Gasteiger charge is -2.04. The van der Waals surface area contributed by atoms with Crippen LogP contribution in [0.15, 0.2) is 35.2 Å². The number of hydrogen-bond donors (Lipinski definition) is 2. The van der Waals surface area contributed by atoms with Gasteiger partial charge in [0.1, 0.15) is 5.76 Å². The molecule has 0 saturated heterocycles. The number of amides is 3. The lowest BCUT2D eigenvalue weighted by atomic mass is 10.4. The fraction of sp³-hybridized carbons (Fsp3) is 0.200. The number of rotatable bonds is 5. The molecule has 0 radical (unpaired) electrons. The van der Waals surface area contributed by atoms with Gasteiger partial charge in [0.25, 0.3) is 0 Å². The van der Waals surface area contributed by atoms with E-state index in [9.17, 15) is 9.59 Å². The molecule has 19 heavy (non-hydrogen) atoms. The lowest BCUT2D eigenvalue weighted by molar-refractivity contribution is -0.117. The van der Waals surface area contributed by atoms with Gasteiger partial charge in [-0.3, -0.25) is 10.1 Å². The van der Waals surface area contributed by atoms with Crippen molar-refractivity contribution in [1.29, 1.82) is 0 Å². The van der Waals surface area contributed by atoms with Crippen molar-refractivity contribution in [2.45, 2.75) is 6.54 Å². The van der Waals surface area contributed by atoms with Crippen LogP contribution in [-0.4, -0.2) is 32.1 Å². The smallest absolute Gasteiger partial charge is 0.321 e. The van der Waals surface area contributed by atoms with Gasteiger partial charge in [-0.05, 0) is 24.1 Å². The van der Waals surface area contributed by atoms with Crippen molar-refractivity contribution in [2.75, 3.05) is 5.75 Å². The molecule has 100 valence electrons. The summed E-state index contributed by atoms with van der Waals surface area (Å²) in [5, 5.41) is 12.0. The van der Waals surface area contributed by atoms with Crippen LogP contribution >= 0.6 is 11.9 Å². The molecule has 0 aliphatic carbocycles. The molecule has 0 aliphatic heterocycles. The standard InChI is InChI=1S/C10H11N5O3S/c16-9(7-19-15-4-3-12-14-15)13-10(17)11-6-8-2-1-5-18-8/h1-5H,6-7H2,(H2,11,13,16,17). The molecule has 2 aromatic heterocycles. The average Bonchev–Trinajstić information content (AvgIpc) is 3.07. The van der Waals surface area contributed by atoms with Crippen LogP contribution in [0.5, 0.6) is 0 Å². The Morgan fingerprint density at radius 3 is 3.05 bits per heavy atom. The maximum absolute atomic E-state index is 11.4. The third-order valence-corrected chi connectivity index (χ3v) is 2.84. The molecular weight excluding hydrogens is 270 g/mol. The number of hydrogen-bond acceptors (Lipinski definition) is 6. The van der Waals surface area contributed by atoms with Gasteiger partial charge in [-0.25, -0.2) is 4.79 Å². The fourth-order valence-corrected chi connectivity index (χ4v) is 1.73. The minimum atomic E-state index is -0.569. The number of nitrogens with one attached hydrogen (secondary N) is 2. The van der Waals surface area contributed by atoms with Crippen LogP contribution in [0.2, 0.25) is 0 Å². The zero-order valence-corrected chi connectivity index (χ0v) is 10.6. The zero-order chi connectivity index (χ0) is 13.5. The van der Waals surface area contributed by atoms with E-state index < -0.39 is 11.9 Å². The number of urea groups is 1. The van der Waals surface area contributed by atoms with Crippen molar-refractivity contribution in [1.82, 2.24) is 25.0 Å². The second-order valence-corrected chi connectivity index (χ2v) is 4.31. The van der Waals surface area contributed by atoms with E-state index in [0.29, 0.717) is 5.76 Å². The maximum atomic E-state index is 11.4. The predicted octanol–water partition coefficient (Wildman–Crippen LogP) is 0.393. The molecular formula is C10H11N5O3S. The van der Waals surface area contributed by atoms with Gasteiger partial charge in [0.2, 0.25) is 5.91 Å². The molecule has 0 unspecified atom stereocenters. The SMILES string of the molecule is O=C(CSn1ccnn1)NC(=O)NCc1ccco1. The van der Waals surface area contributed by atoms with Gasteiger partial charge >= 0.3 is 6.03 Å². The van der Waals surface area contributed by atoms with E-state index in [1.54, 1.807) is 18.3 Å². The number of furan rings is 1. The molecule has 8 nitrogen and oxygen atoms in total. The van der Waals surface area contributed by atoms with Crippen molar-refractivity contribution in [3.8, 4) is 0 Å². The van der Waals surface area contributed by atoms with Crippen LogP contribution in [0.1, 0.15) is 5.76 Å². The summed E-state index contributed by atoms with van der Waals surface area (Å²) in [6.07, 6.45) is 4.62. The van der Waals surface area contributed by atoms with Gasteiger partial charge in [-0.2, -0.15) is 4.09 Å². The second-order valence-electron chi connectivity index (χ2n) is 3.39. The first-order chi connectivity index (χ1) is 9.24. The van der Waals surface area contributed by atoms with E-state index in [1.807, 2.05) is 0 Å². The first-order valence-corrected chi connectivity index (χ1v) is 6.28. The average molecular weight is 281 g/mol. The lowest BCUT2D eigenvalue weighted by Crippen LogP contribution is -2.40. The molecule has 3 amide bonds. The van der Waals surface area contributed by atoms with Crippen LogP contribution in [-0.2, 0) is 11.3 Å². The fourth-order valence-electron chi connectivity index (χ4n) is 1.18. The van der Waals surface area contributed by atoms with Crippen LogP contribution in [0.4, 0.5) is 4.79 Å². The Morgan fingerprint density at radius 1 is 1.47 bits per heavy atom. The highest BCUT2D eigenvalue weighted by molar-refractivity contribution is 7.98. The van der Waals surface area contributed by atoms with Crippen molar-refractivity contribution < 1.29 is 14.0 Å². The van der Waals surface area contributed by atoms with Gasteiger partial charge in [-0.15, -0.1) is 5.10 Å². The molecule has 9 heteroatoms. The van der Waals surface area contributed by atoms with Gasteiger partial charge in [0, 0.05) is 0 Å². The Morgan fingerprint density at radius 2 is 2.37 bits per heavy atom. The molecule has 2 aromatic rings. The summed E-state index contributed by atoms with van der Waals surface area (Å²) < 4.78 is 6.47. The summed E-state index contributed by atoms with van der Waals surface area (Å²) in [6.45, 7) is 0.225. The molecule has 2 heterocycles. The van der Waals surface area contributed by atoms with Gasteiger partial charge in [0.15, 0.2) is 0 Å². The highest BCUT2D eigenvalue weighted by Gasteiger charge is 2.08. The molecule has 0 aliphatic rings. The molecule has 0 bridgehead atoms. The molecule has 0 atom stereocenters. The maximum Gasteiger partial charge on any atom is 0.321 e. The summed E-state index contributed by atoms with van der Waals surface area (Å²) in [5.41, 5.74) is 0. The normalized spacial score (nSPS) is 10.1. The number of aromatic nitrogens is 3. The topological polar surface area (TPSA) is 102 Å². The number of carbonyl (C=O) groups is 2. The van der Waals surface area contributed by atoms with Gasteiger partial charge in [0.05, 0.1) is 31.0 Å². The third kappa shape index (κ3) is 4.47. The van der Waals surface area contributed by atoms with E-state index >= 15 is 0 Å². The Hall–Kier alpha value is -2.29. The second kappa shape index (κ2) is 6.59. The van der Waals surface area contributed by atoms with Crippen LogP contribution in [0.3, 0.4) is 0 Å². The van der Waals surface area contributed by atoms with E-state index in [0.717, 1.165) is 11.9 Å². The third-order valence-electron chi connectivity index (χ3n) is 1.98. The molecule has 2 N–H and O–H groups in total. The number of carbonyl (C=O) groups excluding carboxylic acids is 2. The quantitative estimate of drug-likeness (QED) is 0.822. The monoisotopic (exact) mass is 281 g/mol. The predicted molar refractivity (Wildman–Crippen MR) is 67.0 cm³/mol. The Balaban J connectivity index is 1.65. The van der Waals surface area contributed by atoms with Crippen molar-refractivity contribution in [2.24, 2.45) is 0 Å². The highest BCUT2D eigenvalue weighted by Crippen LogP contribution is 2.01. The van der Waals surface area contributed by atoms with Crippen LogP contribution in [0.25, 0.3) is 0 Å². The van der Waals surface area contributed by atoms with Crippen molar-refractivity contribution in [3.05, 3.63) is 36.5 Å². The Kier molecular flexibility index (Phi) is 4.56.